The fourth-order valence-electron chi connectivity index (χ4n) is 3.17. The number of unbranched alkanes of at least 4 members (excludes halogenated alkanes) is 1. The lowest BCUT2D eigenvalue weighted by Crippen LogP contribution is -2.44. The Kier molecular flexibility index (Phi) is 10.4. The minimum Gasteiger partial charge on any atom is -0.445 e. The van der Waals surface area contributed by atoms with Gasteiger partial charge < -0.3 is 26.1 Å². The van der Waals surface area contributed by atoms with Crippen LogP contribution in [0.15, 0.2) is 66.0 Å². The number of nitrogens with one attached hydrogen (secondary N) is 4. The Morgan fingerprint density at radius 3 is 2.49 bits per heavy atom. The molecular weight excluding hydrogens is 484 g/mol. The number of nitrogens with two attached hydrogens (primary N) is 1. The molecule has 11 heteroatoms. The number of nitrogens with zero attached hydrogens (tertiary/aromatic N) is 1. The SMILES string of the molecule is NNC(=S)NCCCC[C@H](NC(=O)OCc1ccccc1)C(=O)Nc1nc(-c2ccccc2)cs1. The quantitative estimate of drug-likeness (QED) is 0.114. The summed E-state index contributed by atoms with van der Waals surface area (Å²) in [7, 11) is 0. The Morgan fingerprint density at radius 2 is 1.77 bits per heavy atom. The van der Waals surface area contributed by atoms with Crippen molar-refractivity contribution in [3.05, 3.63) is 71.6 Å². The number of aromatic nitrogens is 1. The molecule has 3 aromatic rings. The molecule has 2 amide bonds. The van der Waals surface area contributed by atoms with Crippen molar-refractivity contribution in [2.75, 3.05) is 11.9 Å². The topological polar surface area (TPSA) is 130 Å². The molecule has 0 bridgehead atoms. The molecule has 2 aromatic carbocycles. The van der Waals surface area contributed by atoms with E-state index in [4.69, 9.17) is 22.8 Å². The third kappa shape index (κ3) is 8.96. The zero-order chi connectivity index (χ0) is 24.9. The molecule has 1 atom stereocenters. The van der Waals surface area contributed by atoms with Gasteiger partial charge in [0.15, 0.2) is 10.2 Å². The van der Waals surface area contributed by atoms with Crippen LogP contribution in [0.1, 0.15) is 24.8 Å². The van der Waals surface area contributed by atoms with Crippen LogP contribution in [0.2, 0.25) is 0 Å². The molecule has 9 nitrogen and oxygen atoms in total. The van der Waals surface area contributed by atoms with Crippen molar-refractivity contribution in [3.8, 4) is 11.3 Å². The Morgan fingerprint density at radius 1 is 1.06 bits per heavy atom. The van der Waals surface area contributed by atoms with Crippen LogP contribution in [-0.2, 0) is 16.1 Å². The summed E-state index contributed by atoms with van der Waals surface area (Å²) in [6.45, 7) is 0.699. The van der Waals surface area contributed by atoms with E-state index in [1.807, 2.05) is 66.0 Å². The van der Waals surface area contributed by atoms with Gasteiger partial charge in [0.25, 0.3) is 0 Å². The molecule has 0 spiro atoms. The van der Waals surface area contributed by atoms with E-state index in [1.54, 1.807) is 0 Å². The van der Waals surface area contributed by atoms with Gasteiger partial charge in [0, 0.05) is 17.5 Å². The van der Waals surface area contributed by atoms with Gasteiger partial charge in [-0.15, -0.1) is 11.3 Å². The molecular formula is C24H28N6O3S2. The normalized spacial score (nSPS) is 11.2. The molecule has 1 heterocycles. The highest BCUT2D eigenvalue weighted by atomic mass is 32.1. The maximum atomic E-state index is 13.0. The predicted molar refractivity (Wildman–Crippen MR) is 142 cm³/mol. The highest BCUT2D eigenvalue weighted by Gasteiger charge is 2.22. The summed E-state index contributed by atoms with van der Waals surface area (Å²) < 4.78 is 5.30. The summed E-state index contributed by atoms with van der Waals surface area (Å²) in [4.78, 5) is 29.9. The molecule has 35 heavy (non-hydrogen) atoms. The van der Waals surface area contributed by atoms with E-state index in [2.05, 4.69) is 26.4 Å². The lowest BCUT2D eigenvalue weighted by Gasteiger charge is -2.18. The van der Waals surface area contributed by atoms with Gasteiger partial charge in [-0.05, 0) is 37.0 Å². The van der Waals surface area contributed by atoms with Crippen molar-refractivity contribution in [2.45, 2.75) is 31.9 Å². The maximum Gasteiger partial charge on any atom is 0.408 e. The number of alkyl carbamates (subject to hydrolysis) is 1. The van der Waals surface area contributed by atoms with E-state index in [9.17, 15) is 9.59 Å². The van der Waals surface area contributed by atoms with Crippen LogP contribution in [0.4, 0.5) is 9.93 Å². The van der Waals surface area contributed by atoms with Crippen LogP contribution in [0, 0.1) is 0 Å². The van der Waals surface area contributed by atoms with Gasteiger partial charge in [0.2, 0.25) is 5.91 Å². The fourth-order valence-corrected chi connectivity index (χ4v) is 3.99. The van der Waals surface area contributed by atoms with Crippen LogP contribution in [0.5, 0.6) is 0 Å². The lowest BCUT2D eigenvalue weighted by molar-refractivity contribution is -0.118. The number of ether oxygens (including phenoxy) is 1. The summed E-state index contributed by atoms with van der Waals surface area (Å²) in [5.41, 5.74) is 4.94. The average molecular weight is 513 g/mol. The number of hydrogen-bond donors (Lipinski definition) is 5. The standard InChI is InChI=1S/C24H28N6O3S2/c25-30-22(34)26-14-8-7-13-19(28-24(32)33-15-17-9-3-1-4-10-17)21(31)29-23-27-20(16-35-23)18-11-5-2-6-12-18/h1-6,9-12,16,19H,7-8,13-15,25H2,(H,28,32)(H2,26,30,34)(H,27,29,31)/t19-/m0/s1. The molecule has 0 fully saturated rings. The molecule has 1 aromatic heterocycles. The Balaban J connectivity index is 1.57. The first-order valence-electron chi connectivity index (χ1n) is 11.1. The van der Waals surface area contributed by atoms with Gasteiger partial charge in [-0.3, -0.25) is 4.79 Å². The minimum absolute atomic E-state index is 0.112. The van der Waals surface area contributed by atoms with Gasteiger partial charge in [-0.2, -0.15) is 0 Å². The molecule has 3 rings (SSSR count). The second-order valence-corrected chi connectivity index (χ2v) is 8.81. The lowest BCUT2D eigenvalue weighted by atomic mass is 10.1. The smallest absolute Gasteiger partial charge is 0.408 e. The molecule has 0 unspecified atom stereocenters. The zero-order valence-corrected chi connectivity index (χ0v) is 20.7. The zero-order valence-electron chi connectivity index (χ0n) is 19.0. The monoisotopic (exact) mass is 512 g/mol. The van der Waals surface area contributed by atoms with Crippen molar-refractivity contribution < 1.29 is 14.3 Å². The number of hydrogen-bond acceptors (Lipinski definition) is 7. The van der Waals surface area contributed by atoms with Gasteiger partial charge in [0.05, 0.1) is 5.69 Å². The summed E-state index contributed by atoms with van der Waals surface area (Å²) in [6.07, 6.45) is 1.13. The fraction of sp³-hybridized carbons (Fsp3) is 0.250. The van der Waals surface area contributed by atoms with Crippen LogP contribution in [0.3, 0.4) is 0 Å². The van der Waals surface area contributed by atoms with Gasteiger partial charge in [-0.1, -0.05) is 60.7 Å². The minimum atomic E-state index is -0.790. The molecule has 0 saturated heterocycles. The molecule has 0 saturated carbocycles. The predicted octanol–water partition coefficient (Wildman–Crippen LogP) is 3.55. The van der Waals surface area contributed by atoms with E-state index in [1.165, 1.54) is 11.3 Å². The molecule has 0 aliphatic carbocycles. The Labute approximate surface area is 213 Å². The maximum absolute atomic E-state index is 13.0. The van der Waals surface area contributed by atoms with Crippen LogP contribution >= 0.6 is 23.6 Å². The number of benzene rings is 2. The molecule has 0 aliphatic rings. The molecule has 0 radical (unpaired) electrons. The second kappa shape index (κ2) is 14.0. The van der Waals surface area contributed by atoms with Crippen LogP contribution in [-0.4, -0.2) is 34.7 Å². The number of anilines is 1. The van der Waals surface area contributed by atoms with E-state index >= 15 is 0 Å². The first kappa shape index (κ1) is 26.1. The van der Waals surface area contributed by atoms with Crippen molar-refractivity contribution in [1.82, 2.24) is 21.0 Å². The van der Waals surface area contributed by atoms with E-state index in [0.29, 0.717) is 29.6 Å². The Bertz CT molecular complexity index is 1090. The second-order valence-electron chi connectivity index (χ2n) is 7.55. The third-order valence-corrected chi connectivity index (χ3v) is 5.98. The number of hydrazine groups is 1. The number of thiocarbonyl (C=S) groups is 1. The van der Waals surface area contributed by atoms with Crippen LogP contribution < -0.4 is 27.2 Å². The number of carbonyl (C=O) groups excluding carboxylic acids is 2. The average Bonchev–Trinajstić information content (AvgIpc) is 3.36. The van der Waals surface area contributed by atoms with Crippen LogP contribution in [0.25, 0.3) is 11.3 Å². The van der Waals surface area contributed by atoms with Gasteiger partial charge in [0.1, 0.15) is 12.6 Å². The number of amides is 2. The van der Waals surface area contributed by atoms with Gasteiger partial charge >= 0.3 is 6.09 Å². The third-order valence-electron chi connectivity index (χ3n) is 4.96. The molecule has 0 aliphatic heterocycles. The number of carbonyl (C=O) groups is 2. The van der Waals surface area contributed by atoms with E-state index in [-0.39, 0.29) is 12.5 Å². The summed E-state index contributed by atoms with van der Waals surface area (Å²) in [5.74, 6) is 4.88. The first-order valence-corrected chi connectivity index (χ1v) is 12.4. The molecule has 6 N–H and O–H groups in total. The molecule has 184 valence electrons. The van der Waals surface area contributed by atoms with Crippen molar-refractivity contribution in [2.24, 2.45) is 5.84 Å². The van der Waals surface area contributed by atoms with Crippen molar-refractivity contribution in [1.29, 1.82) is 0 Å². The van der Waals surface area contributed by atoms with E-state index in [0.717, 1.165) is 23.2 Å². The number of thiazole rings is 1. The van der Waals surface area contributed by atoms with Crippen molar-refractivity contribution in [3.63, 3.8) is 0 Å². The summed E-state index contributed by atoms with van der Waals surface area (Å²) in [5, 5.41) is 11.1. The largest absolute Gasteiger partial charge is 0.445 e. The van der Waals surface area contributed by atoms with Crippen molar-refractivity contribution >= 4 is 45.8 Å². The highest BCUT2D eigenvalue weighted by Crippen LogP contribution is 2.24. The number of rotatable bonds is 11. The first-order chi connectivity index (χ1) is 17.0. The summed E-state index contributed by atoms with van der Waals surface area (Å²) >= 11 is 6.27. The van der Waals surface area contributed by atoms with E-state index < -0.39 is 12.1 Å². The summed E-state index contributed by atoms with van der Waals surface area (Å²) in [6, 6.07) is 18.2. The Hall–Kier alpha value is -3.54. The highest BCUT2D eigenvalue weighted by molar-refractivity contribution is 7.80. The van der Waals surface area contributed by atoms with Gasteiger partial charge in [-0.25, -0.2) is 15.6 Å².